The molecule has 0 saturated carbocycles. The fourth-order valence-corrected chi connectivity index (χ4v) is 2.45. The van der Waals surface area contributed by atoms with Gasteiger partial charge in [0.2, 0.25) is 0 Å². The maximum atomic E-state index is 6.14. The lowest BCUT2D eigenvalue weighted by molar-refractivity contribution is -0.117. The predicted octanol–water partition coefficient (Wildman–Crippen LogP) is 4.08. The molecule has 0 aliphatic carbocycles. The predicted molar refractivity (Wildman–Crippen MR) is 97.2 cm³/mol. The third-order valence-electron chi connectivity index (χ3n) is 4.37. The number of rotatable bonds is 12. The summed E-state index contributed by atoms with van der Waals surface area (Å²) >= 11 is 0. The van der Waals surface area contributed by atoms with Crippen molar-refractivity contribution in [2.24, 2.45) is 5.92 Å². The summed E-state index contributed by atoms with van der Waals surface area (Å²) in [6, 6.07) is 10.2. The first-order valence-electron chi connectivity index (χ1n) is 8.60. The van der Waals surface area contributed by atoms with Gasteiger partial charge in [-0.1, -0.05) is 30.3 Å². The maximum absolute atomic E-state index is 6.14. The topological polar surface area (TPSA) is 36.9 Å². The third kappa shape index (κ3) is 7.75. The Hall–Kier alpha value is -0.940. The van der Waals surface area contributed by atoms with Crippen molar-refractivity contribution in [2.75, 3.05) is 34.0 Å². The van der Waals surface area contributed by atoms with Crippen molar-refractivity contribution in [3.05, 3.63) is 35.9 Å². The lowest BCUT2D eigenvalue weighted by atomic mass is 9.92. The zero-order valence-corrected chi connectivity index (χ0v) is 16.1. The lowest BCUT2D eigenvalue weighted by Crippen LogP contribution is -2.41. The van der Waals surface area contributed by atoms with Crippen molar-refractivity contribution in [2.45, 2.75) is 51.9 Å². The van der Waals surface area contributed by atoms with Crippen LogP contribution in [0.1, 0.15) is 39.7 Å². The Morgan fingerprint density at radius 2 is 1.46 bits per heavy atom. The Morgan fingerprint density at radius 1 is 0.875 bits per heavy atom. The highest BCUT2D eigenvalue weighted by Crippen LogP contribution is 2.25. The van der Waals surface area contributed by atoms with Crippen LogP contribution in [0.3, 0.4) is 0 Å². The lowest BCUT2D eigenvalue weighted by Gasteiger charge is -2.35. The second-order valence-corrected chi connectivity index (χ2v) is 7.34. The van der Waals surface area contributed by atoms with E-state index < -0.39 is 0 Å². The molecule has 0 radical (unpaired) electrons. The summed E-state index contributed by atoms with van der Waals surface area (Å²) in [4.78, 5) is 0. The van der Waals surface area contributed by atoms with E-state index in [1.807, 2.05) is 18.2 Å². The Morgan fingerprint density at radius 3 is 2.00 bits per heavy atom. The number of methoxy groups -OCH3 is 2. The number of benzene rings is 1. The van der Waals surface area contributed by atoms with E-state index in [0.29, 0.717) is 26.4 Å². The van der Waals surface area contributed by atoms with E-state index in [1.165, 1.54) is 5.56 Å². The van der Waals surface area contributed by atoms with Crippen LogP contribution in [0.2, 0.25) is 0 Å². The van der Waals surface area contributed by atoms with Crippen molar-refractivity contribution in [1.29, 1.82) is 0 Å². The number of hydrogen-bond donors (Lipinski definition) is 0. The minimum atomic E-state index is -0.304. The van der Waals surface area contributed by atoms with Gasteiger partial charge in [0.15, 0.2) is 0 Å². The van der Waals surface area contributed by atoms with E-state index in [9.17, 15) is 0 Å². The SMILES string of the molecule is COCC(COC)C(C)(C)OCCC(C)(C)OCc1ccccc1. The van der Waals surface area contributed by atoms with E-state index in [1.54, 1.807) is 14.2 Å². The maximum Gasteiger partial charge on any atom is 0.0724 e. The highest BCUT2D eigenvalue weighted by atomic mass is 16.5. The van der Waals surface area contributed by atoms with Gasteiger partial charge in [-0.3, -0.25) is 0 Å². The van der Waals surface area contributed by atoms with Gasteiger partial charge in [0, 0.05) is 20.1 Å². The van der Waals surface area contributed by atoms with E-state index in [2.05, 4.69) is 39.8 Å². The first kappa shape index (κ1) is 21.1. The molecule has 0 aliphatic rings. The number of hydrogen-bond acceptors (Lipinski definition) is 4. The van der Waals surface area contributed by atoms with Crippen LogP contribution in [0.15, 0.2) is 30.3 Å². The first-order valence-corrected chi connectivity index (χ1v) is 8.60. The summed E-state index contributed by atoms with van der Waals surface area (Å²) < 4.78 is 22.8. The molecule has 0 heterocycles. The summed E-state index contributed by atoms with van der Waals surface area (Å²) in [5.74, 6) is 0.195. The smallest absolute Gasteiger partial charge is 0.0724 e. The van der Waals surface area contributed by atoms with E-state index in [-0.39, 0.29) is 17.1 Å². The third-order valence-corrected chi connectivity index (χ3v) is 4.37. The Labute approximate surface area is 147 Å². The molecule has 4 nitrogen and oxygen atoms in total. The van der Waals surface area contributed by atoms with Gasteiger partial charge in [-0.05, 0) is 39.7 Å². The average molecular weight is 338 g/mol. The van der Waals surface area contributed by atoms with Crippen molar-refractivity contribution in [1.82, 2.24) is 0 Å². The minimum Gasteiger partial charge on any atom is -0.384 e. The van der Waals surface area contributed by atoms with Crippen molar-refractivity contribution in [3.63, 3.8) is 0 Å². The van der Waals surface area contributed by atoms with E-state index in [4.69, 9.17) is 18.9 Å². The van der Waals surface area contributed by atoms with Gasteiger partial charge in [0.25, 0.3) is 0 Å². The molecule has 1 aromatic carbocycles. The van der Waals surface area contributed by atoms with Crippen LogP contribution in [0.5, 0.6) is 0 Å². The van der Waals surface area contributed by atoms with Crippen LogP contribution in [-0.2, 0) is 25.6 Å². The average Bonchev–Trinajstić information content (AvgIpc) is 2.53. The quantitative estimate of drug-likeness (QED) is 0.575. The summed E-state index contributed by atoms with van der Waals surface area (Å²) in [5.41, 5.74) is 0.651. The van der Waals surface area contributed by atoms with Crippen LogP contribution < -0.4 is 0 Å². The van der Waals surface area contributed by atoms with E-state index in [0.717, 1.165) is 6.42 Å². The normalized spacial score (nSPS) is 12.8. The van der Waals surface area contributed by atoms with Gasteiger partial charge in [0.1, 0.15) is 0 Å². The summed E-state index contributed by atoms with van der Waals surface area (Å²) in [6.07, 6.45) is 0.829. The molecule has 1 aromatic rings. The molecular weight excluding hydrogens is 304 g/mol. The molecule has 0 unspecified atom stereocenters. The highest BCUT2D eigenvalue weighted by Gasteiger charge is 2.31. The number of ether oxygens (including phenoxy) is 4. The van der Waals surface area contributed by atoms with E-state index >= 15 is 0 Å². The van der Waals surface area contributed by atoms with Crippen LogP contribution in [-0.4, -0.2) is 45.2 Å². The summed E-state index contributed by atoms with van der Waals surface area (Å²) in [5, 5.41) is 0. The largest absolute Gasteiger partial charge is 0.384 e. The second kappa shape index (κ2) is 10.1. The second-order valence-electron chi connectivity index (χ2n) is 7.34. The van der Waals surface area contributed by atoms with Gasteiger partial charge in [0.05, 0.1) is 37.6 Å². The molecule has 0 amide bonds. The first-order chi connectivity index (χ1) is 11.3. The molecule has 0 bridgehead atoms. The monoisotopic (exact) mass is 338 g/mol. The van der Waals surface area contributed by atoms with Gasteiger partial charge < -0.3 is 18.9 Å². The Kier molecular flexibility index (Phi) is 8.92. The molecule has 0 aliphatic heterocycles. The fourth-order valence-electron chi connectivity index (χ4n) is 2.45. The molecule has 4 heteroatoms. The molecular formula is C20H34O4. The zero-order valence-electron chi connectivity index (χ0n) is 16.1. The molecule has 0 saturated heterocycles. The van der Waals surface area contributed by atoms with Crippen molar-refractivity contribution in [3.8, 4) is 0 Å². The van der Waals surface area contributed by atoms with Crippen molar-refractivity contribution >= 4 is 0 Å². The van der Waals surface area contributed by atoms with Gasteiger partial charge in [-0.2, -0.15) is 0 Å². The van der Waals surface area contributed by atoms with Gasteiger partial charge in [-0.15, -0.1) is 0 Å². The summed E-state index contributed by atoms with van der Waals surface area (Å²) in [7, 11) is 3.42. The molecule has 0 spiro atoms. The molecule has 0 aromatic heterocycles. The van der Waals surface area contributed by atoms with Crippen LogP contribution in [0, 0.1) is 5.92 Å². The molecule has 24 heavy (non-hydrogen) atoms. The summed E-state index contributed by atoms with van der Waals surface area (Å²) in [6.45, 7) is 10.9. The van der Waals surface area contributed by atoms with Crippen LogP contribution in [0.4, 0.5) is 0 Å². The highest BCUT2D eigenvalue weighted by molar-refractivity contribution is 5.13. The molecule has 1 rings (SSSR count). The molecule has 0 atom stereocenters. The molecule has 0 N–H and O–H groups in total. The van der Waals surface area contributed by atoms with Crippen LogP contribution >= 0.6 is 0 Å². The Bertz CT molecular complexity index is 436. The van der Waals surface area contributed by atoms with Crippen molar-refractivity contribution < 1.29 is 18.9 Å². The van der Waals surface area contributed by atoms with Gasteiger partial charge in [-0.25, -0.2) is 0 Å². The minimum absolute atomic E-state index is 0.195. The molecule has 138 valence electrons. The zero-order chi connectivity index (χ0) is 18.1. The Balaban J connectivity index is 2.42. The van der Waals surface area contributed by atoms with Gasteiger partial charge >= 0.3 is 0 Å². The van der Waals surface area contributed by atoms with Crippen LogP contribution in [0.25, 0.3) is 0 Å². The standard InChI is InChI=1S/C20H34O4/c1-19(2,24-14-17-10-8-7-9-11-17)12-13-23-20(3,4)18(15-21-5)16-22-6/h7-11,18H,12-16H2,1-6H3. The molecule has 0 fully saturated rings. The fraction of sp³-hybridized carbons (Fsp3) is 0.700.